The number of piperazine rings is 1. The molecule has 0 saturated carbocycles. The summed E-state index contributed by atoms with van der Waals surface area (Å²) in [7, 11) is 0. The van der Waals surface area contributed by atoms with Crippen molar-refractivity contribution >= 4 is 17.6 Å². The highest BCUT2D eigenvalue weighted by Crippen LogP contribution is 2.30. The van der Waals surface area contributed by atoms with Gasteiger partial charge >= 0.3 is 0 Å². The van der Waals surface area contributed by atoms with Crippen molar-refractivity contribution in [1.29, 1.82) is 0 Å². The first-order valence-electron chi connectivity index (χ1n) is 10.1. The summed E-state index contributed by atoms with van der Waals surface area (Å²) in [6.07, 6.45) is 3.99. The zero-order valence-corrected chi connectivity index (χ0v) is 15.8. The van der Waals surface area contributed by atoms with Crippen molar-refractivity contribution in [2.24, 2.45) is 5.92 Å². The maximum atomic E-state index is 12.6. The van der Waals surface area contributed by atoms with Gasteiger partial charge < -0.3 is 4.90 Å². The van der Waals surface area contributed by atoms with Crippen molar-refractivity contribution in [1.82, 2.24) is 14.8 Å². The van der Waals surface area contributed by atoms with E-state index in [-0.39, 0.29) is 11.8 Å². The fourth-order valence-electron chi connectivity index (χ4n) is 4.82. The summed E-state index contributed by atoms with van der Waals surface area (Å²) in [5.41, 5.74) is 1.09. The maximum Gasteiger partial charge on any atom is 0.261 e. The highest BCUT2D eigenvalue weighted by molar-refractivity contribution is 6.21. The fourth-order valence-corrected chi connectivity index (χ4v) is 4.82. The maximum absolute atomic E-state index is 12.6. The Labute approximate surface area is 164 Å². The van der Waals surface area contributed by atoms with Crippen molar-refractivity contribution < 1.29 is 9.59 Å². The summed E-state index contributed by atoms with van der Waals surface area (Å²) in [5.74, 6) is 1.13. The molecule has 5 rings (SSSR count). The Hall–Kier alpha value is -2.73. The van der Waals surface area contributed by atoms with E-state index in [4.69, 9.17) is 0 Å². The van der Waals surface area contributed by atoms with Crippen LogP contribution in [0.15, 0.2) is 48.7 Å². The zero-order chi connectivity index (χ0) is 19.1. The summed E-state index contributed by atoms with van der Waals surface area (Å²) < 4.78 is 0. The number of imide groups is 1. The molecule has 2 aromatic rings. The van der Waals surface area contributed by atoms with E-state index in [9.17, 15) is 9.59 Å². The molecule has 1 aromatic carbocycles. The van der Waals surface area contributed by atoms with Gasteiger partial charge in [-0.25, -0.2) is 4.98 Å². The van der Waals surface area contributed by atoms with E-state index in [1.807, 2.05) is 30.5 Å². The average molecular weight is 376 g/mol. The van der Waals surface area contributed by atoms with Gasteiger partial charge in [-0.2, -0.15) is 0 Å². The van der Waals surface area contributed by atoms with Crippen molar-refractivity contribution in [2.45, 2.75) is 18.9 Å². The minimum atomic E-state index is -0.136. The second-order valence-corrected chi connectivity index (χ2v) is 7.99. The lowest BCUT2D eigenvalue weighted by Crippen LogP contribution is -2.57. The number of aromatic nitrogens is 1. The molecule has 6 heteroatoms. The minimum Gasteiger partial charge on any atom is -0.354 e. The first-order chi connectivity index (χ1) is 13.7. The molecule has 144 valence electrons. The van der Waals surface area contributed by atoms with Crippen LogP contribution in [0.4, 0.5) is 5.82 Å². The number of anilines is 1. The average Bonchev–Trinajstić information content (AvgIpc) is 2.99. The molecule has 0 aliphatic carbocycles. The SMILES string of the molecule is O=C1c2ccccc2C(=O)N1C[C@@H]1CC[C@H]2CN(c3ccccn3)CCN2C1. The van der Waals surface area contributed by atoms with Crippen LogP contribution in [0, 0.1) is 5.92 Å². The molecule has 2 amide bonds. The number of hydrogen-bond donors (Lipinski definition) is 0. The van der Waals surface area contributed by atoms with Gasteiger partial charge in [0.05, 0.1) is 11.1 Å². The lowest BCUT2D eigenvalue weighted by molar-refractivity contribution is 0.0521. The molecule has 28 heavy (non-hydrogen) atoms. The quantitative estimate of drug-likeness (QED) is 0.770. The number of carbonyl (C=O) groups excluding carboxylic acids is 2. The Balaban J connectivity index is 1.22. The zero-order valence-electron chi connectivity index (χ0n) is 15.8. The number of rotatable bonds is 3. The normalized spacial score (nSPS) is 25.0. The van der Waals surface area contributed by atoms with Gasteiger partial charge in [-0.15, -0.1) is 0 Å². The number of nitrogens with zero attached hydrogens (tertiary/aromatic N) is 4. The van der Waals surface area contributed by atoms with Gasteiger partial charge in [-0.1, -0.05) is 18.2 Å². The Bertz CT molecular complexity index is 865. The van der Waals surface area contributed by atoms with Crippen LogP contribution in [-0.4, -0.2) is 65.4 Å². The third kappa shape index (κ3) is 2.98. The molecule has 0 bridgehead atoms. The number of pyridine rings is 1. The van der Waals surface area contributed by atoms with Crippen LogP contribution in [0.3, 0.4) is 0 Å². The van der Waals surface area contributed by atoms with Gasteiger partial charge in [0.15, 0.2) is 0 Å². The standard InChI is InChI=1S/C22H24N4O2/c27-21-18-5-1-2-6-19(18)22(28)26(21)14-16-8-9-17-15-25(12-11-24(17)13-16)20-7-3-4-10-23-20/h1-7,10,16-17H,8-9,11-15H2/t16-,17+/m1/s1. The molecular formula is C22H24N4O2. The van der Waals surface area contributed by atoms with Gasteiger partial charge in [0.25, 0.3) is 11.8 Å². The Morgan fingerprint density at radius 1 is 0.893 bits per heavy atom. The van der Waals surface area contributed by atoms with E-state index < -0.39 is 0 Å². The minimum absolute atomic E-state index is 0.136. The van der Waals surface area contributed by atoms with E-state index in [1.165, 1.54) is 4.90 Å². The first-order valence-corrected chi connectivity index (χ1v) is 10.1. The predicted molar refractivity (Wildman–Crippen MR) is 106 cm³/mol. The van der Waals surface area contributed by atoms with Crippen LogP contribution in [-0.2, 0) is 0 Å². The summed E-state index contributed by atoms with van der Waals surface area (Å²) in [5, 5.41) is 0. The molecule has 2 atom stereocenters. The van der Waals surface area contributed by atoms with Crippen LogP contribution < -0.4 is 4.90 Å². The smallest absolute Gasteiger partial charge is 0.261 e. The molecule has 0 radical (unpaired) electrons. The van der Waals surface area contributed by atoms with E-state index >= 15 is 0 Å². The topological polar surface area (TPSA) is 56.8 Å². The molecule has 0 N–H and O–H groups in total. The Kier molecular flexibility index (Phi) is 4.36. The van der Waals surface area contributed by atoms with Crippen LogP contribution in [0.5, 0.6) is 0 Å². The highest BCUT2D eigenvalue weighted by Gasteiger charge is 2.39. The van der Waals surface area contributed by atoms with Crippen molar-refractivity contribution in [3.05, 3.63) is 59.8 Å². The largest absolute Gasteiger partial charge is 0.354 e. The second-order valence-electron chi connectivity index (χ2n) is 7.99. The molecule has 4 heterocycles. The number of piperidine rings is 1. The molecule has 1 aromatic heterocycles. The summed E-state index contributed by atoms with van der Waals surface area (Å²) in [6, 6.07) is 13.7. The van der Waals surface area contributed by atoms with E-state index in [2.05, 4.69) is 20.9 Å². The second kappa shape index (κ2) is 7.02. The molecule has 0 spiro atoms. The van der Waals surface area contributed by atoms with Crippen molar-refractivity contribution in [3.63, 3.8) is 0 Å². The molecule has 2 fully saturated rings. The number of benzene rings is 1. The van der Waals surface area contributed by atoms with Crippen molar-refractivity contribution in [2.75, 3.05) is 37.6 Å². The van der Waals surface area contributed by atoms with Gasteiger partial charge in [-0.05, 0) is 43.0 Å². The molecular weight excluding hydrogens is 352 g/mol. The summed E-state index contributed by atoms with van der Waals surface area (Å²) in [4.78, 5) is 36.1. The number of carbonyl (C=O) groups is 2. The number of fused-ring (bicyclic) bond motifs is 2. The number of amides is 2. The number of hydrogen-bond acceptors (Lipinski definition) is 5. The summed E-state index contributed by atoms with van der Waals surface area (Å²) in [6.45, 7) is 4.44. The lowest BCUT2D eigenvalue weighted by atomic mass is 9.90. The Morgan fingerprint density at radius 2 is 1.64 bits per heavy atom. The molecule has 3 aliphatic rings. The molecule has 3 aliphatic heterocycles. The van der Waals surface area contributed by atoms with E-state index in [1.54, 1.807) is 12.1 Å². The van der Waals surface area contributed by atoms with Crippen LogP contribution in [0.25, 0.3) is 0 Å². The van der Waals surface area contributed by atoms with Gasteiger partial charge in [0, 0.05) is 45.0 Å². The molecule has 0 unspecified atom stereocenters. The monoisotopic (exact) mass is 376 g/mol. The van der Waals surface area contributed by atoms with Crippen LogP contribution >= 0.6 is 0 Å². The third-order valence-corrected chi connectivity index (χ3v) is 6.30. The summed E-state index contributed by atoms with van der Waals surface area (Å²) >= 11 is 0. The fraction of sp³-hybridized carbons (Fsp3) is 0.409. The van der Waals surface area contributed by atoms with Crippen LogP contribution in [0.2, 0.25) is 0 Å². The van der Waals surface area contributed by atoms with Gasteiger partial charge in [0.1, 0.15) is 5.82 Å². The van der Waals surface area contributed by atoms with Gasteiger partial charge in [-0.3, -0.25) is 19.4 Å². The Morgan fingerprint density at radius 3 is 2.36 bits per heavy atom. The predicted octanol–water partition coefficient (Wildman–Crippen LogP) is 2.28. The van der Waals surface area contributed by atoms with Gasteiger partial charge in [0.2, 0.25) is 0 Å². The van der Waals surface area contributed by atoms with Crippen LogP contribution in [0.1, 0.15) is 33.6 Å². The highest BCUT2D eigenvalue weighted by atomic mass is 16.2. The third-order valence-electron chi connectivity index (χ3n) is 6.30. The van der Waals surface area contributed by atoms with E-state index in [0.29, 0.717) is 29.6 Å². The van der Waals surface area contributed by atoms with E-state index in [0.717, 1.165) is 44.8 Å². The lowest BCUT2D eigenvalue weighted by Gasteiger charge is -2.47. The molecule has 6 nitrogen and oxygen atoms in total. The molecule has 2 saturated heterocycles. The van der Waals surface area contributed by atoms with Crippen molar-refractivity contribution in [3.8, 4) is 0 Å². The first kappa shape index (κ1) is 17.4.